The van der Waals surface area contributed by atoms with Gasteiger partial charge in [0.2, 0.25) is 5.95 Å². The minimum atomic E-state index is -0.414. The van der Waals surface area contributed by atoms with Gasteiger partial charge in [0.1, 0.15) is 16.2 Å². The van der Waals surface area contributed by atoms with E-state index in [1.807, 2.05) is 43.0 Å². The van der Waals surface area contributed by atoms with Crippen molar-refractivity contribution in [1.29, 1.82) is 0 Å². The molecule has 0 radical (unpaired) electrons. The predicted octanol–water partition coefficient (Wildman–Crippen LogP) is 2.59. The second-order valence-corrected chi connectivity index (χ2v) is 12.0. The number of nitrogens with one attached hydrogen (secondary N) is 1. The summed E-state index contributed by atoms with van der Waals surface area (Å²) in [7, 11) is 3.87. The van der Waals surface area contributed by atoms with Crippen molar-refractivity contribution in [2.24, 2.45) is 0 Å². The summed E-state index contributed by atoms with van der Waals surface area (Å²) in [4.78, 5) is 36.2. The van der Waals surface area contributed by atoms with Gasteiger partial charge in [-0.1, -0.05) is 11.3 Å². The van der Waals surface area contributed by atoms with Crippen molar-refractivity contribution in [3.05, 3.63) is 63.7 Å². The first-order chi connectivity index (χ1) is 20.7. The molecule has 1 saturated heterocycles. The number of anilines is 2. The van der Waals surface area contributed by atoms with Gasteiger partial charge in [0.25, 0.3) is 5.91 Å². The van der Waals surface area contributed by atoms with Crippen LogP contribution in [0.5, 0.6) is 0 Å². The van der Waals surface area contributed by atoms with E-state index in [4.69, 9.17) is 10.2 Å². The molecule has 6 rings (SSSR count). The van der Waals surface area contributed by atoms with Gasteiger partial charge in [-0.2, -0.15) is 14.6 Å². The Balaban J connectivity index is 1.10. The summed E-state index contributed by atoms with van der Waals surface area (Å²) < 4.78 is 24.5. The lowest BCUT2D eigenvalue weighted by atomic mass is 10.1. The molecule has 0 saturated carbocycles. The van der Waals surface area contributed by atoms with E-state index in [1.165, 1.54) is 10.6 Å². The van der Waals surface area contributed by atoms with Crippen molar-refractivity contribution in [3.63, 3.8) is 0 Å². The molecule has 0 spiro atoms. The minimum absolute atomic E-state index is 0.0541. The molecule has 3 N–H and O–H groups in total. The van der Waals surface area contributed by atoms with Gasteiger partial charge in [-0.3, -0.25) is 19.1 Å². The van der Waals surface area contributed by atoms with Crippen LogP contribution in [0.4, 0.5) is 16.0 Å². The number of furan rings is 1. The van der Waals surface area contributed by atoms with Crippen molar-refractivity contribution >= 4 is 44.7 Å². The third-order valence-corrected chi connectivity index (χ3v) is 8.59. The Morgan fingerprint density at radius 2 is 1.98 bits per heavy atom. The van der Waals surface area contributed by atoms with Gasteiger partial charge >= 0.3 is 4.87 Å². The molecule has 14 heteroatoms. The van der Waals surface area contributed by atoms with Gasteiger partial charge in [-0.25, -0.2) is 4.39 Å². The molecule has 1 aliphatic heterocycles. The fraction of sp³-hybridized carbons (Fsp3) is 0.379. The highest BCUT2D eigenvalue weighted by Crippen LogP contribution is 2.28. The van der Waals surface area contributed by atoms with Crippen molar-refractivity contribution in [2.75, 3.05) is 64.0 Å². The summed E-state index contributed by atoms with van der Waals surface area (Å²) in [6, 6.07) is 10.0. The second-order valence-electron chi connectivity index (χ2n) is 11.1. The number of nitrogens with two attached hydrogens (primary N) is 1. The molecule has 12 nitrogen and oxygen atoms in total. The number of hydrogen-bond donors (Lipinski definition) is 2. The van der Waals surface area contributed by atoms with Gasteiger partial charge in [0.15, 0.2) is 11.4 Å². The van der Waals surface area contributed by atoms with E-state index in [1.54, 1.807) is 29.0 Å². The molecule has 5 heterocycles. The van der Waals surface area contributed by atoms with Crippen LogP contribution in [0.15, 0.2) is 51.9 Å². The molecule has 1 unspecified atom stereocenters. The molecular formula is C29H34FN9O3S. The lowest BCUT2D eigenvalue weighted by molar-refractivity contribution is 0.0934. The Hall–Kier alpha value is -4.27. The monoisotopic (exact) mass is 607 g/mol. The van der Waals surface area contributed by atoms with Gasteiger partial charge in [-0.05, 0) is 57.4 Å². The smallest absolute Gasteiger partial charge is 0.309 e. The fourth-order valence-corrected chi connectivity index (χ4v) is 6.51. The van der Waals surface area contributed by atoms with Crippen molar-refractivity contribution in [1.82, 2.24) is 34.3 Å². The number of carbonyl (C=O) groups excluding carboxylic acids is 1. The number of fused-ring (bicyclic) bond motifs is 3. The average molecular weight is 608 g/mol. The standard InChI is InChI=1S/C29H34FN9O3S/c1-18(17-35(2)3)32-27(40)19-6-7-22(20(30)15-19)37-11-8-36(9-12-37)10-13-38-26-25(43-29(38)41)23-16-21(24-5-4-14-42-24)34-39(23)28(31)33-26/h4-7,14-16,18H,8-13,17H2,1-3H3,(H2,31,33)(H,32,40). The van der Waals surface area contributed by atoms with E-state index in [2.05, 4.69) is 20.3 Å². The number of nitrogens with zero attached hydrogens (tertiary/aromatic N) is 7. The number of hydrogen-bond acceptors (Lipinski definition) is 10. The van der Waals surface area contributed by atoms with Gasteiger partial charge in [0, 0.05) is 57.4 Å². The van der Waals surface area contributed by atoms with Crippen LogP contribution in [-0.4, -0.2) is 94.3 Å². The van der Waals surface area contributed by atoms with Crippen molar-refractivity contribution in [2.45, 2.75) is 19.5 Å². The SMILES string of the molecule is CC(CN(C)C)NC(=O)c1ccc(N2CCN(CCn3c(=O)sc4c3nc(N)n3nc(-c5ccco5)cc43)CC2)c(F)c1. The number of benzene rings is 1. The highest BCUT2D eigenvalue weighted by atomic mass is 32.1. The maximum atomic E-state index is 15.1. The van der Waals surface area contributed by atoms with Crippen LogP contribution in [0, 0.1) is 5.82 Å². The number of nitrogen functional groups attached to an aromatic ring is 1. The summed E-state index contributed by atoms with van der Waals surface area (Å²) >= 11 is 1.12. The Labute approximate surface area is 251 Å². The molecule has 0 aliphatic carbocycles. The van der Waals surface area contributed by atoms with Crippen LogP contribution < -0.4 is 20.8 Å². The summed E-state index contributed by atoms with van der Waals surface area (Å²) in [5, 5.41) is 7.41. The third-order valence-electron chi connectivity index (χ3n) is 7.60. The first-order valence-electron chi connectivity index (χ1n) is 14.1. The first-order valence-corrected chi connectivity index (χ1v) is 14.9. The molecular weight excluding hydrogens is 573 g/mol. The molecule has 1 atom stereocenters. The quantitative estimate of drug-likeness (QED) is 0.260. The zero-order valence-corrected chi connectivity index (χ0v) is 25.1. The first kappa shape index (κ1) is 28.8. The number of aromatic nitrogens is 4. The molecule has 1 fully saturated rings. The van der Waals surface area contributed by atoms with Crippen LogP contribution in [0.3, 0.4) is 0 Å². The van der Waals surface area contributed by atoms with E-state index >= 15 is 4.39 Å². The summed E-state index contributed by atoms with van der Waals surface area (Å²) in [5.41, 5.74) is 8.87. The normalized spacial score (nSPS) is 15.1. The van der Waals surface area contributed by atoms with Gasteiger partial charge < -0.3 is 25.3 Å². The predicted molar refractivity (Wildman–Crippen MR) is 165 cm³/mol. The molecule has 0 bridgehead atoms. The van der Waals surface area contributed by atoms with E-state index < -0.39 is 5.82 Å². The Bertz CT molecular complexity index is 1820. The van der Waals surface area contributed by atoms with Crippen LogP contribution in [0.1, 0.15) is 17.3 Å². The molecule has 1 aromatic carbocycles. The molecule has 43 heavy (non-hydrogen) atoms. The second kappa shape index (κ2) is 11.8. The Morgan fingerprint density at radius 1 is 1.19 bits per heavy atom. The molecule has 1 aliphatic rings. The minimum Gasteiger partial charge on any atom is -0.463 e. The lowest BCUT2D eigenvalue weighted by Gasteiger charge is -2.36. The summed E-state index contributed by atoms with van der Waals surface area (Å²) in [6.07, 6.45) is 1.58. The van der Waals surface area contributed by atoms with Crippen LogP contribution in [-0.2, 0) is 6.54 Å². The number of halogens is 1. The van der Waals surface area contributed by atoms with Crippen LogP contribution in [0.25, 0.3) is 27.3 Å². The number of carbonyl (C=O) groups is 1. The topological polar surface area (TPSA) is 130 Å². The molecule has 5 aromatic rings. The molecule has 4 aromatic heterocycles. The largest absolute Gasteiger partial charge is 0.463 e. The van der Waals surface area contributed by atoms with Gasteiger partial charge in [-0.15, -0.1) is 0 Å². The number of piperazine rings is 1. The molecule has 226 valence electrons. The van der Waals surface area contributed by atoms with Crippen molar-refractivity contribution in [3.8, 4) is 11.5 Å². The zero-order valence-electron chi connectivity index (χ0n) is 24.3. The van der Waals surface area contributed by atoms with E-state index in [9.17, 15) is 9.59 Å². The number of thiazole rings is 1. The van der Waals surface area contributed by atoms with Crippen LogP contribution in [0.2, 0.25) is 0 Å². The lowest BCUT2D eigenvalue weighted by Crippen LogP contribution is -2.47. The summed E-state index contributed by atoms with van der Waals surface area (Å²) in [6.45, 7) is 6.35. The average Bonchev–Trinajstić information content (AvgIpc) is 3.71. The Kier molecular flexibility index (Phi) is 7.90. The maximum Gasteiger partial charge on any atom is 0.309 e. The molecule has 1 amide bonds. The number of rotatable bonds is 9. The highest BCUT2D eigenvalue weighted by Gasteiger charge is 2.23. The highest BCUT2D eigenvalue weighted by molar-refractivity contribution is 7.17. The zero-order chi connectivity index (χ0) is 30.2. The van der Waals surface area contributed by atoms with Crippen molar-refractivity contribution < 1.29 is 13.6 Å². The maximum absolute atomic E-state index is 15.1. The Morgan fingerprint density at radius 3 is 2.67 bits per heavy atom. The number of amides is 1. The number of likely N-dealkylation sites (N-methyl/N-ethyl adjacent to an activating group) is 1. The van der Waals surface area contributed by atoms with Crippen LogP contribution >= 0.6 is 11.3 Å². The third kappa shape index (κ3) is 5.85. The van der Waals surface area contributed by atoms with Gasteiger partial charge in [0.05, 0.1) is 17.5 Å². The van der Waals surface area contributed by atoms with E-state index in [0.29, 0.717) is 84.4 Å². The summed E-state index contributed by atoms with van der Waals surface area (Å²) in [5.74, 6) is 0.0921. The van der Waals surface area contributed by atoms with E-state index in [0.717, 1.165) is 11.3 Å². The fourth-order valence-electron chi connectivity index (χ4n) is 5.55. The van der Waals surface area contributed by atoms with E-state index in [-0.39, 0.29) is 22.8 Å².